The van der Waals surface area contributed by atoms with Crippen LogP contribution in [-0.2, 0) is 33.0 Å². The molecule has 10 heterocycles. The molecular formula is C80H38N12O2S10. The van der Waals surface area contributed by atoms with E-state index in [-0.39, 0.29) is 88.9 Å². The maximum absolute atomic E-state index is 14.2. The number of nitrogens with zero attached hydrogens (tertiary/aromatic N) is 12. The number of hydrogen-bond donors (Lipinski definition) is 0. The molecule has 7 aliphatic rings. The van der Waals surface area contributed by atoms with E-state index in [4.69, 9.17) is 37.2 Å². The average Bonchev–Trinajstić information content (AvgIpc) is 1.54. The summed E-state index contributed by atoms with van der Waals surface area (Å²) in [5, 5.41) is 49.6. The molecule has 0 saturated carbocycles. The zero-order valence-electron chi connectivity index (χ0n) is 55.3. The summed E-state index contributed by atoms with van der Waals surface area (Å²) in [6.07, 6.45) is 3.51. The Morgan fingerprint density at radius 3 is 1.08 bits per heavy atom. The summed E-state index contributed by atoms with van der Waals surface area (Å²) < 4.78 is 20.3. The van der Waals surface area contributed by atoms with E-state index in [1.54, 1.807) is 80.2 Å². The Hall–Kier alpha value is -10.9. The highest BCUT2D eigenvalue weighted by Crippen LogP contribution is 2.66. The lowest BCUT2D eigenvalue weighted by molar-refractivity contribution is 0.103. The first-order valence-electron chi connectivity index (χ1n) is 32.1. The monoisotopic (exact) mass is 1520 g/mol. The molecule has 0 bridgehead atoms. The molecule has 104 heavy (non-hydrogen) atoms. The molecule has 0 atom stereocenters. The van der Waals surface area contributed by atoms with Crippen LogP contribution in [0, 0.1) is 76.4 Å². The first-order valence-corrected chi connectivity index (χ1v) is 40.1. The highest BCUT2D eigenvalue weighted by Gasteiger charge is 2.47. The third-order valence-corrected chi connectivity index (χ3v) is 32.4. The van der Waals surface area contributed by atoms with Crippen LogP contribution in [0.1, 0.15) is 158 Å². The van der Waals surface area contributed by atoms with Gasteiger partial charge < -0.3 is 0 Å². The van der Waals surface area contributed by atoms with Gasteiger partial charge in [-0.15, -0.1) is 90.7 Å². The Labute approximate surface area is 633 Å². The van der Waals surface area contributed by atoms with Crippen LogP contribution < -0.4 is 0 Å². The molecule has 3 aromatic carbocycles. The van der Waals surface area contributed by atoms with Crippen LogP contribution in [0.4, 0.5) is 17.1 Å². The molecule has 19 rings (SSSR count). The van der Waals surface area contributed by atoms with Gasteiger partial charge in [0.1, 0.15) is 34.5 Å². The van der Waals surface area contributed by atoms with Crippen molar-refractivity contribution < 1.29 is 9.59 Å². The molecule has 0 saturated heterocycles. The van der Waals surface area contributed by atoms with Crippen LogP contribution in [0.2, 0.25) is 0 Å². The molecule has 0 fully saturated rings. The highest BCUT2D eigenvalue weighted by molar-refractivity contribution is 7.58. The predicted octanol–water partition coefficient (Wildman–Crippen LogP) is 23.8. The number of carbonyl (C=O) groups excluding carboxylic acids is 2. The SMILES string of the molecule is [C-]#[N+]/C(C#N)=C1\C(=C\c2cc3c(s2)-c2sc(-c4cc5c(s4)-c4sc(-c6c7c(c(-c8cc9c(s8)-c8sc(-c%10cc%11c(s%10)-c%10sc(/C=C%12\C(=O)c%13cc(C#N)c([N+]#[C-])cc%13\C%12=C(\C#N)[N+]#[C-])cc%10C%11(C)C)cc8C9(C)C)c8nsnc68)N=S=N7)cc4C5(C)C)cc2C3(C)C)C(=O)c2cc(C#N)c(C#N)cc21. The van der Waals surface area contributed by atoms with Crippen molar-refractivity contribution in [2.24, 2.45) is 8.73 Å². The van der Waals surface area contributed by atoms with Gasteiger partial charge in [-0.2, -0.15) is 33.3 Å². The van der Waals surface area contributed by atoms with Gasteiger partial charge in [-0.3, -0.25) is 9.59 Å². The lowest BCUT2D eigenvalue weighted by atomic mass is 9.83. The number of benzene rings is 3. The van der Waals surface area contributed by atoms with Crippen LogP contribution in [0.3, 0.4) is 0 Å². The standard InChI is InChI=1S/C80H38N12O2S10/c1-77(2)42-17-34(15-40-59(51(29-84)87-10)36-12-31(26-81)32(27-82)13-38(36)67(40)93)95-69(42)71-44(77)20-53(97-71)55-22-46-73(99-55)75-48(79(46,5)6)24-57(101-75)61-63-65(91-103-89-63)62(66-64(61)90-104-92-66)58-25-49-76(102-58)74-47(80(49,7)8)23-56(100-74)54-21-45-72(98-54)70-43(78(45,3)4)18-35(96-70)16-41-60(52(30-85)88-11)37-19-50(86-9)33(28-83)14-39(37)68(41)94/h12-25H,1-8H3/b40-15-,41-16-,59-51-,60-52+. The molecule has 14 nitrogen and oxygen atoms in total. The number of aromatic nitrogens is 2. The van der Waals surface area contributed by atoms with Crippen molar-refractivity contribution in [2.45, 2.75) is 77.0 Å². The average molecular weight is 1520 g/mol. The lowest BCUT2D eigenvalue weighted by Crippen LogP contribution is -2.14. The van der Waals surface area contributed by atoms with Crippen molar-refractivity contribution in [3.8, 4) is 110 Å². The second kappa shape index (κ2) is 21.8. The Bertz CT molecular complexity index is 6440. The Morgan fingerprint density at radius 1 is 0.413 bits per heavy atom. The lowest BCUT2D eigenvalue weighted by Gasteiger charge is -2.19. The Morgan fingerprint density at radius 2 is 0.731 bits per heavy atom. The first kappa shape index (κ1) is 64.0. The minimum atomic E-state index is -0.402. The van der Waals surface area contributed by atoms with Crippen LogP contribution in [0.25, 0.3) is 128 Å². The van der Waals surface area contributed by atoms with E-state index in [1.165, 1.54) is 130 Å². The Kier molecular flexibility index (Phi) is 13.4. The van der Waals surface area contributed by atoms with Crippen LogP contribution in [0.15, 0.2) is 104 Å². The van der Waals surface area contributed by atoms with E-state index >= 15 is 0 Å². The van der Waals surface area contributed by atoms with E-state index in [2.05, 4.69) is 118 Å². The highest BCUT2D eigenvalue weighted by atomic mass is 32.1. The summed E-state index contributed by atoms with van der Waals surface area (Å²) in [6, 6.07) is 34.0. The summed E-state index contributed by atoms with van der Waals surface area (Å²) in [7, 11) is 0. The van der Waals surface area contributed by atoms with Gasteiger partial charge in [0.15, 0.2) is 11.6 Å². The number of hydrogen-bond acceptors (Lipinski definition) is 20. The number of allylic oxidation sites excluding steroid dienone is 6. The van der Waals surface area contributed by atoms with E-state index in [1.807, 2.05) is 53.0 Å². The van der Waals surface area contributed by atoms with E-state index in [0.717, 1.165) is 73.9 Å². The van der Waals surface area contributed by atoms with E-state index in [0.29, 0.717) is 11.1 Å². The predicted molar refractivity (Wildman–Crippen MR) is 420 cm³/mol. The third kappa shape index (κ3) is 8.38. The third-order valence-electron chi connectivity index (χ3n) is 21.3. The fourth-order valence-corrected chi connectivity index (χ4v) is 28.3. The summed E-state index contributed by atoms with van der Waals surface area (Å²) in [5.41, 5.74) is 15.1. The summed E-state index contributed by atoms with van der Waals surface area (Å²) in [4.78, 5) is 56.8. The van der Waals surface area contributed by atoms with Gasteiger partial charge in [0.2, 0.25) is 5.69 Å². The molecule has 0 spiro atoms. The van der Waals surface area contributed by atoms with Crippen molar-refractivity contribution >= 4 is 177 Å². The second-order valence-electron chi connectivity index (χ2n) is 28.1. The van der Waals surface area contributed by atoms with Crippen molar-refractivity contribution in [1.29, 1.82) is 26.3 Å². The number of ketones is 2. The molecule has 24 heteroatoms. The molecule has 9 aromatic heterocycles. The zero-order valence-corrected chi connectivity index (χ0v) is 63.5. The largest absolute Gasteiger partial charge is 0.289 e. The molecule has 0 unspecified atom stereocenters. The van der Waals surface area contributed by atoms with Crippen molar-refractivity contribution in [3.63, 3.8) is 0 Å². The van der Waals surface area contributed by atoms with Crippen LogP contribution >= 0.6 is 102 Å². The van der Waals surface area contributed by atoms with Gasteiger partial charge in [0, 0.05) is 144 Å². The van der Waals surface area contributed by atoms with Crippen molar-refractivity contribution in [2.75, 3.05) is 0 Å². The molecule has 12 aromatic rings. The zero-order chi connectivity index (χ0) is 72.0. The summed E-state index contributed by atoms with van der Waals surface area (Å²) in [5.74, 6) is -0.798. The Balaban J connectivity index is 0.626. The summed E-state index contributed by atoms with van der Waals surface area (Å²) in [6.45, 7) is 41.5. The molecular weight excluding hydrogens is 1480 g/mol. The fourth-order valence-electron chi connectivity index (χ4n) is 15.9. The van der Waals surface area contributed by atoms with Crippen molar-refractivity contribution in [1.82, 2.24) is 8.75 Å². The molecule has 1 aliphatic heterocycles. The maximum Gasteiger partial charge on any atom is 0.270 e. The fraction of sp³-hybridized carbons (Fsp3) is 0.150. The van der Waals surface area contributed by atoms with E-state index < -0.39 is 11.6 Å². The molecule has 0 N–H and O–H groups in total. The molecule has 490 valence electrons. The normalized spacial score (nSPS) is 17.6. The molecule has 0 radical (unpaired) electrons. The number of rotatable bonds is 6. The van der Waals surface area contributed by atoms with Gasteiger partial charge in [-0.25, -0.2) is 25.1 Å². The smallest absolute Gasteiger partial charge is 0.270 e. The topological polar surface area (TPSA) is 217 Å². The van der Waals surface area contributed by atoms with Gasteiger partial charge in [0.25, 0.3) is 11.4 Å². The van der Waals surface area contributed by atoms with Gasteiger partial charge >= 0.3 is 0 Å². The minimum absolute atomic E-state index is 0.0556. The van der Waals surface area contributed by atoms with Crippen LogP contribution in [0.5, 0.6) is 0 Å². The second-order valence-corrected chi connectivity index (χ2v) is 37.6. The number of Topliss-reactive ketones (excluding diaryl/α,β-unsaturated/α-hetero) is 2. The number of carbonyl (C=O) groups is 2. The maximum atomic E-state index is 14.2. The number of thiophene rings is 8. The van der Waals surface area contributed by atoms with Gasteiger partial charge in [-0.1, -0.05) is 55.4 Å². The van der Waals surface area contributed by atoms with Crippen molar-refractivity contribution in [3.05, 3.63) is 223 Å². The number of nitriles is 5. The molecule has 0 amide bonds. The number of fused-ring (bicyclic) bond motifs is 16. The van der Waals surface area contributed by atoms with Gasteiger partial charge in [0.05, 0.1) is 77.7 Å². The van der Waals surface area contributed by atoms with Gasteiger partial charge in [-0.05, 0) is 141 Å². The molecule has 6 aliphatic carbocycles. The minimum Gasteiger partial charge on any atom is -0.289 e. The summed E-state index contributed by atoms with van der Waals surface area (Å²) >= 11 is 16.3. The van der Waals surface area contributed by atoms with E-state index in [9.17, 15) is 35.9 Å². The van der Waals surface area contributed by atoms with Crippen LogP contribution in [-0.4, -0.2) is 20.3 Å². The first-order chi connectivity index (χ1) is 50.0. The quantitative estimate of drug-likeness (QED) is 0.0877.